The number of fused-ring (bicyclic) bond motifs is 1. The molecule has 6 heteroatoms. The van der Waals surface area contributed by atoms with Crippen molar-refractivity contribution in [3.8, 4) is 0 Å². The van der Waals surface area contributed by atoms with Crippen molar-refractivity contribution >= 4 is 34.7 Å². The number of rotatable bonds is 3. The summed E-state index contributed by atoms with van der Waals surface area (Å²) in [6.07, 6.45) is 0.979. The summed E-state index contributed by atoms with van der Waals surface area (Å²) in [6, 6.07) is 18.8. The Morgan fingerprint density at radius 3 is 2.60 bits per heavy atom. The van der Waals surface area contributed by atoms with Crippen LogP contribution in [0.5, 0.6) is 0 Å². The predicted molar refractivity (Wildman–Crippen MR) is 98.6 cm³/mol. The number of amides is 1. The zero-order valence-electron chi connectivity index (χ0n) is 13.3. The van der Waals surface area contributed by atoms with E-state index in [0.29, 0.717) is 10.7 Å². The van der Waals surface area contributed by atoms with Gasteiger partial charge in [-0.1, -0.05) is 41.9 Å². The Kier molecular flexibility index (Phi) is 4.07. The van der Waals surface area contributed by atoms with E-state index >= 15 is 0 Å². The van der Waals surface area contributed by atoms with Crippen molar-refractivity contribution in [2.75, 3.05) is 16.8 Å². The molecule has 4 rings (SSSR count). The summed E-state index contributed by atoms with van der Waals surface area (Å²) >= 11 is 6.06. The van der Waals surface area contributed by atoms with E-state index in [-0.39, 0.29) is 11.6 Å². The van der Waals surface area contributed by atoms with E-state index in [4.69, 9.17) is 11.6 Å². The molecule has 3 aromatic rings. The van der Waals surface area contributed by atoms with Crippen molar-refractivity contribution in [1.82, 2.24) is 10.2 Å². The summed E-state index contributed by atoms with van der Waals surface area (Å²) in [5.41, 5.74) is 3.24. The van der Waals surface area contributed by atoms with Gasteiger partial charge in [-0.15, -0.1) is 10.2 Å². The number of carbonyl (C=O) groups excluding carboxylic acids is 1. The van der Waals surface area contributed by atoms with E-state index in [2.05, 4.69) is 32.5 Å². The Balaban J connectivity index is 1.53. The Morgan fingerprint density at radius 1 is 1.00 bits per heavy atom. The lowest BCUT2D eigenvalue weighted by Gasteiger charge is -2.17. The molecule has 5 nitrogen and oxygen atoms in total. The van der Waals surface area contributed by atoms with Gasteiger partial charge in [0.05, 0.1) is 10.7 Å². The molecule has 0 unspecified atom stereocenters. The van der Waals surface area contributed by atoms with Crippen LogP contribution in [-0.2, 0) is 6.42 Å². The largest absolute Gasteiger partial charge is 0.324 e. The molecule has 2 heterocycles. The van der Waals surface area contributed by atoms with Gasteiger partial charge in [0.2, 0.25) is 0 Å². The minimum atomic E-state index is -0.339. The topological polar surface area (TPSA) is 58.1 Å². The fraction of sp³-hybridized carbons (Fsp3) is 0.105. The first-order chi connectivity index (χ1) is 12.2. The van der Waals surface area contributed by atoms with E-state index in [1.807, 2.05) is 18.2 Å². The number of nitrogens with zero attached hydrogens (tertiary/aromatic N) is 3. The quantitative estimate of drug-likeness (QED) is 0.773. The van der Waals surface area contributed by atoms with E-state index in [1.54, 1.807) is 30.3 Å². The first-order valence-electron chi connectivity index (χ1n) is 7.97. The maximum atomic E-state index is 12.3. The number of nitrogens with one attached hydrogen (secondary N) is 1. The number of aromatic nitrogens is 2. The van der Waals surface area contributed by atoms with Gasteiger partial charge >= 0.3 is 0 Å². The van der Waals surface area contributed by atoms with Crippen LogP contribution in [0.2, 0.25) is 5.02 Å². The van der Waals surface area contributed by atoms with Crippen molar-refractivity contribution in [2.45, 2.75) is 6.42 Å². The standard InChI is InChI=1S/C19H15ClN4O/c20-14-6-2-3-7-15(14)21-19(25)16-9-10-18(23-22-16)24-12-11-13-5-1-4-8-17(13)24/h1-10H,11-12H2,(H,21,25). The molecule has 0 radical (unpaired) electrons. The van der Waals surface area contributed by atoms with Crippen molar-refractivity contribution in [3.05, 3.63) is 76.9 Å². The fourth-order valence-corrected chi connectivity index (χ4v) is 3.10. The van der Waals surface area contributed by atoms with Gasteiger partial charge < -0.3 is 10.2 Å². The summed E-state index contributed by atoms with van der Waals surface area (Å²) < 4.78 is 0. The van der Waals surface area contributed by atoms with Crippen LogP contribution in [0.25, 0.3) is 0 Å². The second-order valence-electron chi connectivity index (χ2n) is 5.74. The molecule has 0 saturated carbocycles. The van der Waals surface area contributed by atoms with Crippen LogP contribution in [0.4, 0.5) is 17.2 Å². The number of anilines is 3. The molecular weight excluding hydrogens is 336 g/mol. The number of hydrogen-bond acceptors (Lipinski definition) is 4. The molecule has 1 aromatic heterocycles. The summed E-state index contributed by atoms with van der Waals surface area (Å²) in [4.78, 5) is 14.4. The highest BCUT2D eigenvalue weighted by Gasteiger charge is 2.21. The molecule has 25 heavy (non-hydrogen) atoms. The second-order valence-corrected chi connectivity index (χ2v) is 6.15. The molecule has 0 saturated heterocycles. The highest BCUT2D eigenvalue weighted by atomic mass is 35.5. The first-order valence-corrected chi connectivity index (χ1v) is 8.35. The Bertz CT molecular complexity index is 927. The lowest BCUT2D eigenvalue weighted by atomic mass is 10.2. The van der Waals surface area contributed by atoms with Gasteiger partial charge in [0.25, 0.3) is 5.91 Å². The third-order valence-corrected chi connectivity index (χ3v) is 4.50. The molecule has 0 atom stereocenters. The predicted octanol–water partition coefficient (Wildman–Crippen LogP) is 4.08. The fourth-order valence-electron chi connectivity index (χ4n) is 2.92. The van der Waals surface area contributed by atoms with Crippen LogP contribution in [-0.4, -0.2) is 22.6 Å². The van der Waals surface area contributed by atoms with Crippen LogP contribution >= 0.6 is 11.6 Å². The summed E-state index contributed by atoms with van der Waals surface area (Å²) in [7, 11) is 0. The Hall–Kier alpha value is -2.92. The molecule has 0 spiro atoms. The van der Waals surface area contributed by atoms with Gasteiger partial charge in [0.15, 0.2) is 11.5 Å². The van der Waals surface area contributed by atoms with Crippen LogP contribution in [0, 0.1) is 0 Å². The van der Waals surface area contributed by atoms with Crippen LogP contribution in [0.1, 0.15) is 16.1 Å². The maximum Gasteiger partial charge on any atom is 0.276 e. The molecule has 1 aliphatic rings. The normalized spacial score (nSPS) is 12.8. The van der Waals surface area contributed by atoms with Crippen LogP contribution < -0.4 is 10.2 Å². The average Bonchev–Trinajstić information content (AvgIpc) is 3.08. The minimum absolute atomic E-state index is 0.246. The minimum Gasteiger partial charge on any atom is -0.324 e. The molecule has 0 aliphatic carbocycles. The van der Waals surface area contributed by atoms with E-state index in [1.165, 1.54) is 5.56 Å². The molecule has 0 bridgehead atoms. The van der Waals surface area contributed by atoms with E-state index < -0.39 is 0 Å². The molecule has 2 aromatic carbocycles. The molecule has 1 amide bonds. The number of benzene rings is 2. The average molecular weight is 351 g/mol. The third kappa shape index (κ3) is 3.06. The SMILES string of the molecule is O=C(Nc1ccccc1Cl)c1ccc(N2CCc3ccccc32)nn1. The molecule has 124 valence electrons. The molecule has 1 N–H and O–H groups in total. The molecule has 0 fully saturated rings. The van der Waals surface area contributed by atoms with Gasteiger partial charge in [-0.05, 0) is 42.3 Å². The molecule has 1 aliphatic heterocycles. The van der Waals surface area contributed by atoms with Crippen molar-refractivity contribution < 1.29 is 4.79 Å². The van der Waals surface area contributed by atoms with Gasteiger partial charge in [0.1, 0.15) is 0 Å². The maximum absolute atomic E-state index is 12.3. The highest BCUT2D eigenvalue weighted by molar-refractivity contribution is 6.33. The van der Waals surface area contributed by atoms with E-state index in [0.717, 1.165) is 24.5 Å². The van der Waals surface area contributed by atoms with Gasteiger partial charge in [-0.25, -0.2) is 0 Å². The zero-order chi connectivity index (χ0) is 17.2. The lowest BCUT2D eigenvalue weighted by Crippen LogP contribution is -2.18. The number of halogens is 1. The zero-order valence-corrected chi connectivity index (χ0v) is 14.1. The Morgan fingerprint density at radius 2 is 1.80 bits per heavy atom. The van der Waals surface area contributed by atoms with Crippen molar-refractivity contribution in [1.29, 1.82) is 0 Å². The number of hydrogen-bond donors (Lipinski definition) is 1. The van der Waals surface area contributed by atoms with Crippen molar-refractivity contribution in [3.63, 3.8) is 0 Å². The monoisotopic (exact) mass is 350 g/mol. The second kappa shape index (κ2) is 6.53. The van der Waals surface area contributed by atoms with Crippen LogP contribution in [0.3, 0.4) is 0 Å². The van der Waals surface area contributed by atoms with Gasteiger partial charge in [-0.3, -0.25) is 4.79 Å². The highest BCUT2D eigenvalue weighted by Crippen LogP contribution is 2.32. The van der Waals surface area contributed by atoms with Crippen molar-refractivity contribution in [2.24, 2.45) is 0 Å². The number of carbonyl (C=O) groups is 1. The number of para-hydroxylation sites is 2. The van der Waals surface area contributed by atoms with E-state index in [9.17, 15) is 4.79 Å². The lowest BCUT2D eigenvalue weighted by molar-refractivity contribution is 0.102. The smallest absolute Gasteiger partial charge is 0.276 e. The third-order valence-electron chi connectivity index (χ3n) is 4.17. The first kappa shape index (κ1) is 15.6. The molecular formula is C19H15ClN4O. The summed E-state index contributed by atoms with van der Waals surface area (Å²) in [6.45, 7) is 0.860. The van der Waals surface area contributed by atoms with Gasteiger partial charge in [-0.2, -0.15) is 0 Å². The van der Waals surface area contributed by atoms with Crippen LogP contribution in [0.15, 0.2) is 60.7 Å². The summed E-state index contributed by atoms with van der Waals surface area (Å²) in [5.74, 6) is 0.396. The summed E-state index contributed by atoms with van der Waals surface area (Å²) in [5, 5.41) is 11.5. The Labute approximate surface area is 150 Å². The van der Waals surface area contributed by atoms with Gasteiger partial charge in [0, 0.05) is 12.2 Å².